The highest BCUT2D eigenvalue weighted by atomic mass is 79.9. The number of fused-ring (bicyclic) bond motifs is 1. The highest BCUT2D eigenvalue weighted by Gasteiger charge is 2.24. The summed E-state index contributed by atoms with van der Waals surface area (Å²) >= 11 is 3.58. The first-order valence-electron chi connectivity index (χ1n) is 8.88. The number of benzene rings is 2. The molecule has 3 aromatic rings. The zero-order chi connectivity index (χ0) is 19.0. The van der Waals surface area contributed by atoms with Gasteiger partial charge in [-0.3, -0.25) is 4.90 Å². The summed E-state index contributed by atoms with van der Waals surface area (Å²) in [6.45, 7) is 2.22. The highest BCUT2D eigenvalue weighted by molar-refractivity contribution is 9.10. The van der Waals surface area contributed by atoms with Crippen molar-refractivity contribution in [2.24, 2.45) is 0 Å². The molecular weight excluding hydrogens is 410 g/mol. The number of ether oxygens (including phenoxy) is 2. The predicted octanol–water partition coefficient (Wildman–Crippen LogP) is 3.37. The Morgan fingerprint density at radius 1 is 1.22 bits per heavy atom. The lowest BCUT2D eigenvalue weighted by molar-refractivity contribution is 0.174. The minimum absolute atomic E-state index is 0.254. The molecule has 1 aliphatic rings. The molecule has 0 bridgehead atoms. The van der Waals surface area contributed by atoms with Crippen LogP contribution in [0, 0.1) is 0 Å². The summed E-state index contributed by atoms with van der Waals surface area (Å²) in [5.74, 6) is 1.51. The first-order valence-corrected chi connectivity index (χ1v) is 9.68. The first kappa shape index (κ1) is 18.3. The van der Waals surface area contributed by atoms with Gasteiger partial charge in [-0.2, -0.15) is 5.10 Å². The number of methoxy groups -OCH3 is 2. The third kappa shape index (κ3) is 3.42. The summed E-state index contributed by atoms with van der Waals surface area (Å²) in [5.41, 5.74) is 2.86. The number of hydrogen-bond donors (Lipinski definition) is 1. The van der Waals surface area contributed by atoms with E-state index in [1.165, 1.54) is 0 Å². The van der Waals surface area contributed by atoms with Gasteiger partial charge in [0.1, 0.15) is 11.5 Å². The van der Waals surface area contributed by atoms with Crippen LogP contribution >= 0.6 is 15.9 Å². The number of aliphatic hydroxyl groups excluding tert-OH is 1. The van der Waals surface area contributed by atoms with Gasteiger partial charge in [0.25, 0.3) is 0 Å². The molecule has 1 aromatic heterocycles. The lowest BCUT2D eigenvalue weighted by Crippen LogP contribution is -2.22. The van der Waals surface area contributed by atoms with Gasteiger partial charge in [-0.05, 0) is 18.6 Å². The smallest absolute Gasteiger partial charge is 0.129 e. The maximum Gasteiger partial charge on any atom is 0.129 e. The summed E-state index contributed by atoms with van der Waals surface area (Å²) < 4.78 is 14.3. The fourth-order valence-corrected chi connectivity index (χ4v) is 4.11. The fraction of sp³-hybridized carbons (Fsp3) is 0.350. The largest absolute Gasteiger partial charge is 0.496 e. The van der Waals surface area contributed by atoms with E-state index in [1.54, 1.807) is 14.2 Å². The molecule has 4 rings (SSSR count). The van der Waals surface area contributed by atoms with E-state index in [1.807, 2.05) is 41.2 Å². The Kier molecular flexibility index (Phi) is 5.08. The van der Waals surface area contributed by atoms with Crippen LogP contribution in [0.15, 0.2) is 41.0 Å². The van der Waals surface area contributed by atoms with Gasteiger partial charge < -0.3 is 14.6 Å². The van der Waals surface area contributed by atoms with Crippen LogP contribution in [0.5, 0.6) is 11.5 Å². The molecule has 0 amide bonds. The quantitative estimate of drug-likeness (QED) is 0.670. The van der Waals surface area contributed by atoms with Crippen molar-refractivity contribution in [2.75, 3.05) is 27.3 Å². The summed E-state index contributed by atoms with van der Waals surface area (Å²) in [7, 11) is 3.33. The van der Waals surface area contributed by atoms with E-state index in [4.69, 9.17) is 9.47 Å². The van der Waals surface area contributed by atoms with Crippen molar-refractivity contribution in [3.05, 3.63) is 46.6 Å². The lowest BCUT2D eigenvalue weighted by Gasteiger charge is -2.20. The summed E-state index contributed by atoms with van der Waals surface area (Å²) in [4.78, 5) is 2.21. The molecule has 0 saturated carbocycles. The van der Waals surface area contributed by atoms with Gasteiger partial charge in [-0.25, -0.2) is 4.68 Å². The Balaban J connectivity index is 1.77. The van der Waals surface area contributed by atoms with E-state index in [9.17, 15) is 5.11 Å². The number of β-amino-alcohol motifs (C(OH)–C–C–N with tert-alkyl or cyclic N) is 1. The maximum absolute atomic E-state index is 9.80. The Bertz CT molecular complexity index is 947. The van der Waals surface area contributed by atoms with Crippen molar-refractivity contribution < 1.29 is 14.6 Å². The number of halogens is 1. The zero-order valence-corrected chi connectivity index (χ0v) is 16.9. The van der Waals surface area contributed by atoms with Crippen LogP contribution < -0.4 is 9.47 Å². The average Bonchev–Trinajstić information content (AvgIpc) is 3.29. The van der Waals surface area contributed by atoms with E-state index < -0.39 is 0 Å². The second kappa shape index (κ2) is 7.50. The molecule has 27 heavy (non-hydrogen) atoms. The Labute approximate surface area is 166 Å². The summed E-state index contributed by atoms with van der Waals surface area (Å²) in [5, 5.41) is 15.4. The van der Waals surface area contributed by atoms with E-state index in [-0.39, 0.29) is 6.10 Å². The monoisotopic (exact) mass is 431 g/mol. The molecule has 2 aromatic carbocycles. The van der Waals surface area contributed by atoms with Crippen LogP contribution in [0.3, 0.4) is 0 Å². The van der Waals surface area contributed by atoms with Gasteiger partial charge in [0.2, 0.25) is 0 Å². The zero-order valence-electron chi connectivity index (χ0n) is 15.4. The van der Waals surface area contributed by atoms with E-state index >= 15 is 0 Å². The summed E-state index contributed by atoms with van der Waals surface area (Å²) in [6, 6.07) is 10.00. The molecule has 0 radical (unpaired) electrons. The Morgan fingerprint density at radius 2 is 1.96 bits per heavy atom. The minimum Gasteiger partial charge on any atom is -0.496 e. The number of rotatable bonds is 5. The van der Waals surface area contributed by atoms with Gasteiger partial charge in [0.15, 0.2) is 0 Å². The average molecular weight is 432 g/mol. The second-order valence-corrected chi connectivity index (χ2v) is 7.59. The molecule has 2 heterocycles. The van der Waals surface area contributed by atoms with Gasteiger partial charge in [-0.15, -0.1) is 0 Å². The van der Waals surface area contributed by atoms with E-state index in [0.29, 0.717) is 13.1 Å². The maximum atomic E-state index is 9.80. The Morgan fingerprint density at radius 3 is 2.59 bits per heavy atom. The number of nitrogens with zero attached hydrogens (tertiary/aromatic N) is 3. The third-order valence-corrected chi connectivity index (χ3v) is 5.72. The molecule has 1 atom stereocenters. The highest BCUT2D eigenvalue weighted by Crippen LogP contribution is 2.35. The normalized spacial score (nSPS) is 17.6. The second-order valence-electron chi connectivity index (χ2n) is 6.74. The predicted molar refractivity (Wildman–Crippen MR) is 108 cm³/mol. The van der Waals surface area contributed by atoms with E-state index in [2.05, 4.69) is 25.9 Å². The van der Waals surface area contributed by atoms with Gasteiger partial charge in [-0.1, -0.05) is 22.0 Å². The van der Waals surface area contributed by atoms with Crippen LogP contribution in [0.25, 0.3) is 16.6 Å². The molecule has 0 unspecified atom stereocenters. The van der Waals surface area contributed by atoms with Crippen molar-refractivity contribution in [1.29, 1.82) is 0 Å². The Hall–Kier alpha value is -2.09. The van der Waals surface area contributed by atoms with Gasteiger partial charge in [0, 0.05) is 41.6 Å². The molecular formula is C20H22BrN3O3. The molecule has 1 fully saturated rings. The third-order valence-electron chi connectivity index (χ3n) is 5.03. The molecule has 1 N–H and O–H groups in total. The van der Waals surface area contributed by atoms with Crippen LogP contribution in [0.2, 0.25) is 0 Å². The van der Waals surface area contributed by atoms with Gasteiger partial charge >= 0.3 is 0 Å². The molecule has 0 aliphatic carbocycles. The van der Waals surface area contributed by atoms with E-state index in [0.717, 1.165) is 51.1 Å². The van der Waals surface area contributed by atoms with Gasteiger partial charge in [0.05, 0.1) is 43.3 Å². The lowest BCUT2D eigenvalue weighted by atomic mass is 10.1. The van der Waals surface area contributed by atoms with Crippen molar-refractivity contribution in [2.45, 2.75) is 19.1 Å². The van der Waals surface area contributed by atoms with Crippen molar-refractivity contribution >= 4 is 26.8 Å². The summed E-state index contributed by atoms with van der Waals surface area (Å²) in [6.07, 6.45) is 2.39. The number of aromatic nitrogens is 2. The standard InChI is InChI=1S/C20H22BrN3O3/c1-26-19-8-13(24-18-5-3-4-17(21)15(18)10-22-24)9-20(27-2)16(19)12-23-7-6-14(25)11-23/h3-5,8-10,14,25H,6-7,11-12H2,1-2H3/t14-/m1/s1. The minimum atomic E-state index is -0.254. The van der Waals surface area contributed by atoms with Crippen LogP contribution in [0.1, 0.15) is 12.0 Å². The van der Waals surface area contributed by atoms with Crippen LogP contribution in [-0.4, -0.2) is 53.2 Å². The number of likely N-dealkylation sites (tertiary alicyclic amines) is 1. The number of hydrogen-bond acceptors (Lipinski definition) is 5. The fourth-order valence-electron chi connectivity index (χ4n) is 3.65. The molecule has 1 aliphatic heterocycles. The van der Waals surface area contributed by atoms with Crippen LogP contribution in [-0.2, 0) is 6.54 Å². The topological polar surface area (TPSA) is 59.8 Å². The molecule has 0 spiro atoms. The molecule has 6 nitrogen and oxygen atoms in total. The SMILES string of the molecule is COc1cc(-n2ncc3c(Br)cccc32)cc(OC)c1CN1CC[C@@H](O)C1. The van der Waals surface area contributed by atoms with Crippen molar-refractivity contribution in [3.8, 4) is 17.2 Å². The number of aliphatic hydroxyl groups is 1. The molecule has 142 valence electrons. The van der Waals surface area contributed by atoms with Crippen molar-refractivity contribution in [1.82, 2.24) is 14.7 Å². The molecule has 1 saturated heterocycles. The van der Waals surface area contributed by atoms with Crippen molar-refractivity contribution in [3.63, 3.8) is 0 Å². The van der Waals surface area contributed by atoms with Crippen LogP contribution in [0.4, 0.5) is 0 Å². The first-order chi connectivity index (χ1) is 13.1. The molecule has 7 heteroatoms.